The number of aromatic nitrogens is 2. The highest BCUT2D eigenvalue weighted by molar-refractivity contribution is 5.80. The van der Waals surface area contributed by atoms with E-state index in [-0.39, 0.29) is 11.8 Å². The van der Waals surface area contributed by atoms with Crippen molar-refractivity contribution in [3.05, 3.63) is 59.7 Å². The Balaban J connectivity index is 1.36. The summed E-state index contributed by atoms with van der Waals surface area (Å²) in [5.41, 5.74) is 4.50. The molecule has 5 heteroatoms. The van der Waals surface area contributed by atoms with Crippen LogP contribution < -0.4 is 10.2 Å². The van der Waals surface area contributed by atoms with Crippen LogP contribution in [0.3, 0.4) is 0 Å². The third-order valence-electron chi connectivity index (χ3n) is 5.27. The Kier molecular flexibility index (Phi) is 5.10. The number of benzene rings is 2. The molecule has 2 heterocycles. The summed E-state index contributed by atoms with van der Waals surface area (Å²) >= 11 is 0. The number of aromatic amines is 1. The highest BCUT2D eigenvalue weighted by atomic mass is 16.1. The fourth-order valence-corrected chi connectivity index (χ4v) is 3.76. The normalized spacial score (nSPS) is 17.2. The second kappa shape index (κ2) is 7.82. The Bertz CT molecular complexity index is 918. The topological polar surface area (TPSA) is 61.0 Å². The van der Waals surface area contributed by atoms with Crippen LogP contribution in [0, 0.1) is 12.8 Å². The van der Waals surface area contributed by atoms with Gasteiger partial charge in [0, 0.05) is 19.6 Å². The van der Waals surface area contributed by atoms with E-state index in [1.165, 1.54) is 11.1 Å². The molecule has 0 aliphatic carbocycles. The molecule has 0 radical (unpaired) electrons. The summed E-state index contributed by atoms with van der Waals surface area (Å²) in [6, 6.07) is 16.5. The number of fused-ring (bicyclic) bond motifs is 1. The number of anilines is 1. The molecule has 0 spiro atoms. The first-order chi connectivity index (χ1) is 13.2. The highest BCUT2D eigenvalue weighted by Gasteiger charge is 2.27. The summed E-state index contributed by atoms with van der Waals surface area (Å²) < 4.78 is 0. The minimum Gasteiger partial charge on any atom is -0.355 e. The maximum atomic E-state index is 12.6. The largest absolute Gasteiger partial charge is 0.355 e. The Hall–Kier alpha value is -2.82. The van der Waals surface area contributed by atoms with Crippen molar-refractivity contribution in [1.29, 1.82) is 0 Å². The van der Waals surface area contributed by atoms with E-state index in [0.29, 0.717) is 6.54 Å². The zero-order valence-electron chi connectivity index (χ0n) is 15.7. The molecule has 1 fully saturated rings. The molecule has 0 saturated carbocycles. The molecule has 1 aliphatic heterocycles. The van der Waals surface area contributed by atoms with Gasteiger partial charge in [-0.2, -0.15) is 0 Å². The number of piperidine rings is 1. The van der Waals surface area contributed by atoms with E-state index >= 15 is 0 Å². The van der Waals surface area contributed by atoms with Gasteiger partial charge in [-0.1, -0.05) is 36.4 Å². The van der Waals surface area contributed by atoms with Crippen LogP contribution in [0.5, 0.6) is 0 Å². The summed E-state index contributed by atoms with van der Waals surface area (Å²) in [6.45, 7) is 4.42. The molecule has 3 aromatic rings. The Morgan fingerprint density at radius 2 is 2.11 bits per heavy atom. The van der Waals surface area contributed by atoms with E-state index in [4.69, 9.17) is 4.98 Å². The van der Waals surface area contributed by atoms with Gasteiger partial charge in [-0.05, 0) is 49.4 Å². The number of amides is 1. The molecule has 1 atom stereocenters. The molecular formula is C22H26N4O. The minimum atomic E-state index is 0.0180. The summed E-state index contributed by atoms with van der Waals surface area (Å²) in [7, 11) is 0. The van der Waals surface area contributed by atoms with Crippen LogP contribution in [0.4, 0.5) is 5.95 Å². The summed E-state index contributed by atoms with van der Waals surface area (Å²) in [5.74, 6) is 1.05. The monoisotopic (exact) mass is 362 g/mol. The molecule has 5 nitrogen and oxygen atoms in total. The number of nitrogens with zero attached hydrogens (tertiary/aromatic N) is 2. The first kappa shape index (κ1) is 17.6. The van der Waals surface area contributed by atoms with E-state index < -0.39 is 0 Å². The number of aryl methyl sites for hydroxylation is 1. The van der Waals surface area contributed by atoms with Gasteiger partial charge in [0.15, 0.2) is 0 Å². The standard InChI is InChI=1S/C22H26N4O/c1-16-9-10-19-20(14-16)25-22(24-19)26-13-5-8-18(15-26)21(27)23-12-11-17-6-3-2-4-7-17/h2-4,6-7,9-10,14,18H,5,8,11-13,15H2,1H3,(H,23,27)(H,24,25)/t18-/m0/s1. The van der Waals surface area contributed by atoms with Gasteiger partial charge in [0.05, 0.1) is 17.0 Å². The first-order valence-corrected chi connectivity index (χ1v) is 9.72. The van der Waals surface area contributed by atoms with E-state index in [0.717, 1.165) is 49.3 Å². The molecule has 0 bridgehead atoms. The van der Waals surface area contributed by atoms with Crippen molar-refractivity contribution >= 4 is 22.9 Å². The molecule has 0 unspecified atom stereocenters. The second-order valence-corrected chi connectivity index (χ2v) is 7.39. The van der Waals surface area contributed by atoms with Crippen LogP contribution in [0.1, 0.15) is 24.0 Å². The number of hydrogen-bond donors (Lipinski definition) is 2. The maximum Gasteiger partial charge on any atom is 0.224 e. The lowest BCUT2D eigenvalue weighted by atomic mass is 9.97. The van der Waals surface area contributed by atoms with E-state index in [2.05, 4.69) is 46.4 Å². The zero-order valence-corrected chi connectivity index (χ0v) is 15.7. The molecule has 1 amide bonds. The fourth-order valence-electron chi connectivity index (χ4n) is 3.76. The molecule has 2 N–H and O–H groups in total. The van der Waals surface area contributed by atoms with Crippen molar-refractivity contribution in [3.8, 4) is 0 Å². The van der Waals surface area contributed by atoms with Gasteiger partial charge in [-0.15, -0.1) is 0 Å². The number of hydrogen-bond acceptors (Lipinski definition) is 3. The predicted octanol–water partition coefficient (Wildman–Crippen LogP) is 3.45. The van der Waals surface area contributed by atoms with E-state index in [1.54, 1.807) is 0 Å². The number of rotatable bonds is 5. The molecule has 2 aromatic carbocycles. The Morgan fingerprint density at radius 1 is 1.26 bits per heavy atom. The number of H-pyrrole nitrogens is 1. The van der Waals surface area contributed by atoms with Gasteiger partial charge in [-0.3, -0.25) is 4.79 Å². The summed E-state index contributed by atoms with van der Waals surface area (Å²) in [4.78, 5) is 22.9. The third-order valence-corrected chi connectivity index (χ3v) is 5.27. The fraction of sp³-hybridized carbons (Fsp3) is 0.364. The maximum absolute atomic E-state index is 12.6. The first-order valence-electron chi connectivity index (χ1n) is 9.72. The SMILES string of the molecule is Cc1ccc2nc(N3CCC[C@H](C(=O)NCCc4ccccc4)C3)[nH]c2c1. The predicted molar refractivity (Wildman–Crippen MR) is 109 cm³/mol. The quantitative estimate of drug-likeness (QED) is 0.731. The highest BCUT2D eigenvalue weighted by Crippen LogP contribution is 2.24. The van der Waals surface area contributed by atoms with Gasteiger partial charge in [-0.25, -0.2) is 4.98 Å². The van der Waals surface area contributed by atoms with Crippen molar-refractivity contribution in [2.45, 2.75) is 26.2 Å². The second-order valence-electron chi connectivity index (χ2n) is 7.39. The number of imidazole rings is 1. The van der Waals surface area contributed by atoms with Crippen LogP contribution >= 0.6 is 0 Å². The molecule has 1 aromatic heterocycles. The van der Waals surface area contributed by atoms with Gasteiger partial charge < -0.3 is 15.2 Å². The molecule has 140 valence electrons. The van der Waals surface area contributed by atoms with Crippen LogP contribution in [0.25, 0.3) is 11.0 Å². The molecule has 1 saturated heterocycles. The number of nitrogens with one attached hydrogen (secondary N) is 2. The molecule has 27 heavy (non-hydrogen) atoms. The van der Waals surface area contributed by atoms with Crippen LogP contribution in [-0.4, -0.2) is 35.5 Å². The van der Waals surface area contributed by atoms with Gasteiger partial charge >= 0.3 is 0 Å². The van der Waals surface area contributed by atoms with Crippen LogP contribution in [0.2, 0.25) is 0 Å². The minimum absolute atomic E-state index is 0.0180. The molecular weight excluding hydrogens is 336 g/mol. The van der Waals surface area contributed by atoms with Crippen molar-refractivity contribution < 1.29 is 4.79 Å². The molecule has 4 rings (SSSR count). The summed E-state index contributed by atoms with van der Waals surface area (Å²) in [5, 5.41) is 3.11. The van der Waals surface area contributed by atoms with Crippen LogP contribution in [-0.2, 0) is 11.2 Å². The van der Waals surface area contributed by atoms with Gasteiger partial charge in [0.1, 0.15) is 0 Å². The van der Waals surface area contributed by atoms with Crippen molar-refractivity contribution in [2.75, 3.05) is 24.5 Å². The van der Waals surface area contributed by atoms with Gasteiger partial charge in [0.25, 0.3) is 0 Å². The smallest absolute Gasteiger partial charge is 0.224 e. The van der Waals surface area contributed by atoms with Crippen molar-refractivity contribution in [2.24, 2.45) is 5.92 Å². The zero-order chi connectivity index (χ0) is 18.6. The average molecular weight is 362 g/mol. The lowest BCUT2D eigenvalue weighted by molar-refractivity contribution is -0.125. The Labute approximate surface area is 159 Å². The lowest BCUT2D eigenvalue weighted by Gasteiger charge is -2.31. The average Bonchev–Trinajstić information content (AvgIpc) is 3.12. The number of carbonyl (C=O) groups is 1. The summed E-state index contributed by atoms with van der Waals surface area (Å²) in [6.07, 6.45) is 2.81. The van der Waals surface area contributed by atoms with Crippen molar-refractivity contribution in [1.82, 2.24) is 15.3 Å². The molecule has 1 aliphatic rings. The van der Waals surface area contributed by atoms with Crippen molar-refractivity contribution in [3.63, 3.8) is 0 Å². The van der Waals surface area contributed by atoms with Crippen LogP contribution in [0.15, 0.2) is 48.5 Å². The number of carbonyl (C=O) groups excluding carboxylic acids is 1. The third kappa shape index (κ3) is 4.13. The lowest BCUT2D eigenvalue weighted by Crippen LogP contribution is -2.43. The van der Waals surface area contributed by atoms with E-state index in [1.807, 2.05) is 24.3 Å². The Morgan fingerprint density at radius 3 is 2.96 bits per heavy atom. The van der Waals surface area contributed by atoms with Gasteiger partial charge in [0.2, 0.25) is 11.9 Å². The van der Waals surface area contributed by atoms with E-state index in [9.17, 15) is 4.79 Å².